The Morgan fingerprint density at radius 3 is 1.35 bits per heavy atom. The van der Waals surface area contributed by atoms with Crippen molar-refractivity contribution in [2.75, 3.05) is 13.1 Å². The first kappa shape index (κ1) is 21.1. The maximum absolute atomic E-state index is 12.9. The fourth-order valence-corrected chi connectivity index (χ4v) is 4.45. The van der Waals surface area contributed by atoms with Crippen LogP contribution in [-0.2, 0) is 14.4 Å². The first-order chi connectivity index (χ1) is 11.9. The first-order valence-electron chi connectivity index (χ1n) is 10.3. The minimum absolute atomic E-state index is 0.0638. The van der Waals surface area contributed by atoms with Gasteiger partial charge < -0.3 is 4.90 Å². The average Bonchev–Trinajstić information content (AvgIpc) is 2.58. The molecule has 0 aromatic carbocycles. The van der Waals surface area contributed by atoms with Gasteiger partial charge in [0.2, 0.25) is 5.91 Å². The molecule has 2 fully saturated rings. The summed E-state index contributed by atoms with van der Waals surface area (Å²) in [5, 5.41) is 0. The van der Waals surface area contributed by atoms with Crippen molar-refractivity contribution in [1.29, 1.82) is 0 Å². The monoisotopic (exact) mass is 363 g/mol. The maximum Gasteiger partial charge on any atom is 0.225 e. The highest BCUT2D eigenvalue weighted by Crippen LogP contribution is 2.35. The summed E-state index contributed by atoms with van der Waals surface area (Å²) < 4.78 is 0. The van der Waals surface area contributed by atoms with Crippen molar-refractivity contribution < 1.29 is 14.4 Å². The molecule has 1 saturated heterocycles. The van der Waals surface area contributed by atoms with E-state index in [1.54, 1.807) is 0 Å². The van der Waals surface area contributed by atoms with Gasteiger partial charge in [-0.25, -0.2) is 0 Å². The Labute approximate surface area is 159 Å². The lowest BCUT2D eigenvalue weighted by Crippen LogP contribution is -2.45. The Morgan fingerprint density at radius 1 is 0.615 bits per heavy atom. The van der Waals surface area contributed by atoms with Crippen molar-refractivity contribution >= 4 is 17.5 Å². The lowest BCUT2D eigenvalue weighted by atomic mass is 9.73. The molecule has 0 aromatic rings. The van der Waals surface area contributed by atoms with Crippen LogP contribution in [0.1, 0.15) is 80.1 Å². The third-order valence-corrected chi connectivity index (χ3v) is 6.10. The Kier molecular flexibility index (Phi) is 6.35. The molecule has 0 spiro atoms. The Balaban J connectivity index is 1.83. The van der Waals surface area contributed by atoms with E-state index in [4.69, 9.17) is 0 Å². The first-order valence-corrected chi connectivity index (χ1v) is 10.3. The van der Waals surface area contributed by atoms with Gasteiger partial charge in [0.25, 0.3) is 0 Å². The number of hydrogen-bond acceptors (Lipinski definition) is 3. The van der Waals surface area contributed by atoms with Crippen molar-refractivity contribution in [1.82, 2.24) is 4.90 Å². The summed E-state index contributed by atoms with van der Waals surface area (Å²) in [5.74, 6) is 1.19. The number of amides is 1. The molecule has 0 N–H and O–H groups in total. The summed E-state index contributed by atoms with van der Waals surface area (Å²) in [4.78, 5) is 39.7. The molecule has 0 unspecified atom stereocenters. The predicted octanol–water partition coefficient (Wildman–Crippen LogP) is 4.26. The van der Waals surface area contributed by atoms with E-state index in [0.717, 1.165) is 38.5 Å². The summed E-state index contributed by atoms with van der Waals surface area (Å²) in [6, 6.07) is 0. The van der Waals surface area contributed by atoms with Crippen LogP contribution in [0.2, 0.25) is 0 Å². The zero-order valence-corrected chi connectivity index (χ0v) is 17.6. The third kappa shape index (κ3) is 4.95. The number of likely N-dealkylation sites (tertiary alicyclic amines) is 1. The van der Waals surface area contributed by atoms with Crippen molar-refractivity contribution in [2.45, 2.75) is 80.1 Å². The zero-order chi connectivity index (χ0) is 19.7. The molecule has 0 bridgehead atoms. The summed E-state index contributed by atoms with van der Waals surface area (Å²) in [7, 11) is 0. The molecule has 148 valence electrons. The lowest BCUT2D eigenvalue weighted by Gasteiger charge is -2.37. The largest absolute Gasteiger partial charge is 0.342 e. The molecule has 1 saturated carbocycles. The summed E-state index contributed by atoms with van der Waals surface area (Å²) in [5.41, 5.74) is -0.586. The number of Topliss-reactive ketones (excluding diaryl/α,β-unsaturated/α-hetero) is 2. The molecule has 1 aliphatic carbocycles. The van der Waals surface area contributed by atoms with Crippen LogP contribution in [0.5, 0.6) is 0 Å². The van der Waals surface area contributed by atoms with E-state index in [9.17, 15) is 14.4 Å². The Bertz CT molecular complexity index is 489. The predicted molar refractivity (Wildman–Crippen MR) is 104 cm³/mol. The van der Waals surface area contributed by atoms with Crippen LogP contribution >= 0.6 is 0 Å². The molecule has 2 rings (SSSR count). The van der Waals surface area contributed by atoms with Gasteiger partial charge in [-0.1, -0.05) is 41.5 Å². The van der Waals surface area contributed by atoms with Crippen LogP contribution in [-0.4, -0.2) is 35.5 Å². The van der Waals surface area contributed by atoms with Crippen molar-refractivity contribution in [2.24, 2.45) is 28.6 Å². The van der Waals surface area contributed by atoms with Crippen LogP contribution in [0.15, 0.2) is 0 Å². The van der Waals surface area contributed by atoms with Gasteiger partial charge in [0.1, 0.15) is 11.6 Å². The van der Waals surface area contributed by atoms with Gasteiger partial charge >= 0.3 is 0 Å². The van der Waals surface area contributed by atoms with Gasteiger partial charge in [-0.2, -0.15) is 0 Å². The highest BCUT2D eigenvalue weighted by atomic mass is 16.2. The van der Waals surface area contributed by atoms with Gasteiger partial charge in [0, 0.05) is 41.7 Å². The number of carbonyl (C=O) groups is 3. The van der Waals surface area contributed by atoms with E-state index in [-0.39, 0.29) is 34.5 Å². The molecule has 0 radical (unpaired) electrons. The molecule has 0 aromatic heterocycles. The molecule has 1 aliphatic heterocycles. The lowest BCUT2D eigenvalue weighted by molar-refractivity contribution is -0.142. The summed E-state index contributed by atoms with van der Waals surface area (Å²) in [6.45, 7) is 13.3. The fraction of sp³-hybridized carbons (Fsp3) is 0.864. The molecule has 1 amide bonds. The van der Waals surface area contributed by atoms with Crippen molar-refractivity contribution in [3.8, 4) is 0 Å². The molecule has 4 heteroatoms. The van der Waals surface area contributed by atoms with E-state index in [0.29, 0.717) is 24.7 Å². The van der Waals surface area contributed by atoms with Crippen LogP contribution < -0.4 is 0 Å². The second-order valence-corrected chi connectivity index (χ2v) is 10.4. The molecule has 2 aliphatic rings. The van der Waals surface area contributed by atoms with Gasteiger partial charge in [-0.15, -0.1) is 0 Å². The number of ketones is 2. The van der Waals surface area contributed by atoms with Crippen LogP contribution in [0.25, 0.3) is 0 Å². The third-order valence-electron chi connectivity index (χ3n) is 6.10. The summed E-state index contributed by atoms with van der Waals surface area (Å²) in [6.07, 6.45) is 4.91. The highest BCUT2D eigenvalue weighted by Gasteiger charge is 2.38. The van der Waals surface area contributed by atoms with Gasteiger partial charge in [0.05, 0.1) is 0 Å². The topological polar surface area (TPSA) is 54.5 Å². The Hall–Kier alpha value is -1.19. The van der Waals surface area contributed by atoms with Crippen LogP contribution in [0, 0.1) is 28.6 Å². The number of rotatable bonds is 3. The summed E-state index contributed by atoms with van der Waals surface area (Å²) >= 11 is 0. The Morgan fingerprint density at radius 2 is 0.962 bits per heavy atom. The fourth-order valence-electron chi connectivity index (χ4n) is 4.45. The highest BCUT2D eigenvalue weighted by molar-refractivity contribution is 5.87. The number of hydrogen-bond donors (Lipinski definition) is 0. The van der Waals surface area contributed by atoms with E-state index in [1.165, 1.54) is 0 Å². The normalized spacial score (nSPS) is 25.8. The van der Waals surface area contributed by atoms with E-state index >= 15 is 0 Å². The minimum Gasteiger partial charge on any atom is -0.342 e. The quantitative estimate of drug-likeness (QED) is 0.753. The van der Waals surface area contributed by atoms with Crippen LogP contribution in [0.3, 0.4) is 0 Å². The number of carbonyl (C=O) groups excluding carboxylic acids is 3. The zero-order valence-electron chi connectivity index (χ0n) is 17.6. The smallest absolute Gasteiger partial charge is 0.225 e. The maximum atomic E-state index is 12.9. The molecule has 1 heterocycles. The molecule has 0 atom stereocenters. The van der Waals surface area contributed by atoms with Crippen molar-refractivity contribution in [3.05, 3.63) is 0 Å². The van der Waals surface area contributed by atoms with E-state index in [2.05, 4.69) is 0 Å². The molecule has 26 heavy (non-hydrogen) atoms. The average molecular weight is 364 g/mol. The second-order valence-electron chi connectivity index (χ2n) is 10.4. The minimum atomic E-state index is -0.297. The van der Waals surface area contributed by atoms with E-state index in [1.807, 2.05) is 46.4 Å². The van der Waals surface area contributed by atoms with Gasteiger partial charge in [-0.3, -0.25) is 14.4 Å². The standard InChI is InChI=1S/C22H37NO3/c1-21(2,3)18(24)15-7-9-17(10-8-15)20(26)23-13-11-16(12-14-23)19(25)22(4,5)6/h15-17H,7-14H2,1-6H3. The number of piperidine rings is 1. The molecule has 4 nitrogen and oxygen atoms in total. The SMILES string of the molecule is CC(C)(C)C(=O)C1CCC(C(=O)N2CCC(C(=O)C(C)(C)C)CC2)CC1. The van der Waals surface area contributed by atoms with Crippen molar-refractivity contribution in [3.63, 3.8) is 0 Å². The molecular formula is C22H37NO3. The van der Waals surface area contributed by atoms with E-state index < -0.39 is 0 Å². The number of nitrogens with zero attached hydrogens (tertiary/aromatic N) is 1. The van der Waals surface area contributed by atoms with Gasteiger partial charge in [-0.05, 0) is 38.5 Å². The second kappa shape index (κ2) is 7.82. The van der Waals surface area contributed by atoms with Crippen LogP contribution in [0.4, 0.5) is 0 Å². The molecular weight excluding hydrogens is 326 g/mol. The van der Waals surface area contributed by atoms with Gasteiger partial charge in [0.15, 0.2) is 0 Å².